The lowest BCUT2D eigenvalue weighted by atomic mass is 10.0. The second kappa shape index (κ2) is 6.01. The van der Waals surface area contributed by atoms with Crippen LogP contribution in [0.3, 0.4) is 0 Å². The molecular weight excluding hydrogens is 324 g/mol. The van der Waals surface area contributed by atoms with Gasteiger partial charge in [0.2, 0.25) is 0 Å². The predicted octanol–water partition coefficient (Wildman–Crippen LogP) is 2.15. The number of hydrogen-bond donors (Lipinski definition) is 1. The minimum Gasteiger partial charge on any atom is -0.356 e. The average Bonchev–Trinajstić information content (AvgIpc) is 3.25. The number of likely N-dealkylation sites (tertiary alicyclic amines) is 1. The molecule has 4 rings (SSSR count). The number of nitrogens with one attached hydrogen (secondary N) is 1. The Labute approximate surface area is 144 Å². The van der Waals surface area contributed by atoms with E-state index in [1.54, 1.807) is 12.5 Å². The number of carbonyl (C=O) groups is 1. The number of hydrogen-bond acceptors (Lipinski definition) is 6. The van der Waals surface area contributed by atoms with Crippen LogP contribution in [0.25, 0.3) is 0 Å². The van der Waals surface area contributed by atoms with Crippen molar-refractivity contribution in [2.24, 2.45) is 11.8 Å². The van der Waals surface area contributed by atoms with Gasteiger partial charge in [0.05, 0.1) is 0 Å². The van der Waals surface area contributed by atoms with Crippen molar-refractivity contribution in [3.8, 4) is 0 Å². The summed E-state index contributed by atoms with van der Waals surface area (Å²) >= 11 is 1.44. The van der Waals surface area contributed by atoms with Gasteiger partial charge >= 0.3 is 6.03 Å². The molecule has 2 fully saturated rings. The molecule has 0 aliphatic carbocycles. The summed E-state index contributed by atoms with van der Waals surface area (Å²) in [6, 6.07) is -0.0417. The molecule has 2 atom stereocenters. The highest BCUT2D eigenvalue weighted by Gasteiger charge is 2.42. The van der Waals surface area contributed by atoms with Gasteiger partial charge in [0.25, 0.3) is 0 Å². The van der Waals surface area contributed by atoms with Crippen molar-refractivity contribution < 1.29 is 4.79 Å². The zero-order valence-electron chi connectivity index (χ0n) is 13.8. The Morgan fingerprint density at radius 2 is 1.92 bits per heavy atom. The molecule has 0 radical (unpaired) electrons. The molecule has 7 nitrogen and oxygen atoms in total. The lowest BCUT2D eigenvalue weighted by Crippen LogP contribution is -2.36. The molecule has 2 unspecified atom stereocenters. The van der Waals surface area contributed by atoms with Crippen LogP contribution in [0.4, 0.5) is 15.7 Å². The van der Waals surface area contributed by atoms with Crippen molar-refractivity contribution in [2.75, 3.05) is 36.4 Å². The summed E-state index contributed by atoms with van der Waals surface area (Å²) < 4.78 is 0. The Kier molecular flexibility index (Phi) is 3.84. The van der Waals surface area contributed by atoms with Crippen LogP contribution in [0.5, 0.6) is 0 Å². The number of fused-ring (bicyclic) bond motifs is 1. The SMILES string of the molecule is Cc1ncnc(N2CC3CN(C(=O)Nc4nccs4)CC3C2)c1C. The van der Waals surface area contributed by atoms with Gasteiger partial charge in [-0.15, -0.1) is 11.3 Å². The van der Waals surface area contributed by atoms with Gasteiger partial charge in [-0.25, -0.2) is 19.7 Å². The van der Waals surface area contributed by atoms with Crippen LogP contribution in [0.2, 0.25) is 0 Å². The molecule has 4 heterocycles. The number of amides is 2. The molecule has 2 amide bonds. The van der Waals surface area contributed by atoms with Crippen LogP contribution >= 0.6 is 11.3 Å². The van der Waals surface area contributed by atoms with Crippen LogP contribution in [0, 0.1) is 25.7 Å². The van der Waals surface area contributed by atoms with E-state index in [0.717, 1.165) is 43.3 Å². The number of aryl methyl sites for hydroxylation is 1. The van der Waals surface area contributed by atoms with Crippen LogP contribution < -0.4 is 10.2 Å². The Hall–Kier alpha value is -2.22. The summed E-state index contributed by atoms with van der Waals surface area (Å²) in [5, 5.41) is 5.39. The molecule has 126 valence electrons. The van der Waals surface area contributed by atoms with E-state index in [9.17, 15) is 4.79 Å². The molecule has 0 saturated carbocycles. The fourth-order valence-corrected chi connectivity index (χ4v) is 4.15. The summed E-state index contributed by atoms with van der Waals surface area (Å²) in [7, 11) is 0. The second-order valence-electron chi connectivity index (χ2n) is 6.51. The van der Waals surface area contributed by atoms with Crippen molar-refractivity contribution in [3.05, 3.63) is 29.2 Å². The highest BCUT2D eigenvalue weighted by Crippen LogP contribution is 2.34. The monoisotopic (exact) mass is 344 g/mol. The minimum absolute atomic E-state index is 0.0417. The zero-order chi connectivity index (χ0) is 16.7. The summed E-state index contributed by atoms with van der Waals surface area (Å²) in [6.07, 6.45) is 3.34. The fraction of sp³-hybridized carbons (Fsp3) is 0.500. The highest BCUT2D eigenvalue weighted by atomic mass is 32.1. The first-order chi connectivity index (χ1) is 11.6. The maximum atomic E-state index is 12.3. The third-order valence-corrected chi connectivity index (χ3v) is 5.72. The van der Waals surface area contributed by atoms with Gasteiger partial charge in [-0.05, 0) is 13.8 Å². The molecule has 8 heteroatoms. The lowest BCUT2D eigenvalue weighted by molar-refractivity contribution is 0.219. The maximum absolute atomic E-state index is 12.3. The highest BCUT2D eigenvalue weighted by molar-refractivity contribution is 7.13. The first-order valence-corrected chi connectivity index (χ1v) is 8.98. The van der Waals surface area contributed by atoms with Crippen LogP contribution in [-0.2, 0) is 0 Å². The molecule has 2 aromatic rings. The predicted molar refractivity (Wildman–Crippen MR) is 93.4 cm³/mol. The summed E-state index contributed by atoms with van der Waals surface area (Å²) in [4.78, 5) is 29.4. The van der Waals surface area contributed by atoms with E-state index in [1.807, 2.05) is 17.2 Å². The van der Waals surface area contributed by atoms with Gasteiger partial charge < -0.3 is 9.80 Å². The molecule has 1 N–H and O–H groups in total. The Bertz CT molecular complexity index is 735. The smallest absolute Gasteiger partial charge is 0.323 e. The normalized spacial score (nSPS) is 22.8. The fourth-order valence-electron chi connectivity index (χ4n) is 3.63. The first kappa shape index (κ1) is 15.3. The van der Waals surface area contributed by atoms with Crippen molar-refractivity contribution in [1.82, 2.24) is 19.9 Å². The Morgan fingerprint density at radius 3 is 2.58 bits per heavy atom. The molecule has 2 saturated heterocycles. The van der Waals surface area contributed by atoms with Crippen molar-refractivity contribution >= 4 is 28.3 Å². The molecular formula is C16H20N6OS. The van der Waals surface area contributed by atoms with Gasteiger partial charge in [0.15, 0.2) is 5.13 Å². The molecule has 0 aromatic carbocycles. The van der Waals surface area contributed by atoms with E-state index in [-0.39, 0.29) is 6.03 Å². The number of thiazole rings is 1. The van der Waals surface area contributed by atoms with E-state index < -0.39 is 0 Å². The van der Waals surface area contributed by atoms with Crippen molar-refractivity contribution in [1.29, 1.82) is 0 Å². The third-order valence-electron chi connectivity index (χ3n) is 5.03. The number of nitrogens with zero attached hydrogens (tertiary/aromatic N) is 5. The summed E-state index contributed by atoms with van der Waals surface area (Å²) in [6.45, 7) is 7.57. The van der Waals surface area contributed by atoms with Gasteiger partial charge in [-0.1, -0.05) is 0 Å². The topological polar surface area (TPSA) is 74.2 Å². The van der Waals surface area contributed by atoms with E-state index >= 15 is 0 Å². The largest absolute Gasteiger partial charge is 0.356 e. The molecule has 2 aliphatic rings. The zero-order valence-corrected chi connectivity index (χ0v) is 14.6. The van der Waals surface area contributed by atoms with Crippen LogP contribution in [-0.4, -0.2) is 52.1 Å². The molecule has 0 bridgehead atoms. The van der Waals surface area contributed by atoms with E-state index in [0.29, 0.717) is 17.0 Å². The lowest BCUT2D eigenvalue weighted by Gasteiger charge is -2.23. The Balaban J connectivity index is 1.40. The van der Waals surface area contributed by atoms with Gasteiger partial charge in [-0.3, -0.25) is 5.32 Å². The number of urea groups is 1. The molecule has 2 aliphatic heterocycles. The van der Waals surface area contributed by atoms with E-state index in [1.165, 1.54) is 11.3 Å². The van der Waals surface area contributed by atoms with E-state index in [4.69, 9.17) is 0 Å². The van der Waals surface area contributed by atoms with Crippen LogP contribution in [0.15, 0.2) is 17.9 Å². The number of aromatic nitrogens is 3. The number of anilines is 2. The van der Waals surface area contributed by atoms with E-state index in [2.05, 4.69) is 32.1 Å². The molecule has 24 heavy (non-hydrogen) atoms. The summed E-state index contributed by atoms with van der Waals surface area (Å²) in [5.74, 6) is 2.04. The van der Waals surface area contributed by atoms with Gasteiger partial charge in [0, 0.05) is 60.8 Å². The Morgan fingerprint density at radius 1 is 1.17 bits per heavy atom. The maximum Gasteiger partial charge on any atom is 0.323 e. The van der Waals surface area contributed by atoms with Gasteiger partial charge in [0.1, 0.15) is 12.1 Å². The second-order valence-corrected chi connectivity index (χ2v) is 7.40. The van der Waals surface area contributed by atoms with Gasteiger partial charge in [-0.2, -0.15) is 0 Å². The number of rotatable bonds is 2. The minimum atomic E-state index is -0.0417. The van der Waals surface area contributed by atoms with Crippen molar-refractivity contribution in [3.63, 3.8) is 0 Å². The van der Waals surface area contributed by atoms with Crippen LogP contribution in [0.1, 0.15) is 11.3 Å². The first-order valence-electron chi connectivity index (χ1n) is 8.10. The average molecular weight is 344 g/mol. The quantitative estimate of drug-likeness (QED) is 0.903. The number of carbonyl (C=O) groups excluding carboxylic acids is 1. The molecule has 2 aromatic heterocycles. The summed E-state index contributed by atoms with van der Waals surface area (Å²) in [5.41, 5.74) is 2.18. The van der Waals surface area contributed by atoms with Crippen molar-refractivity contribution in [2.45, 2.75) is 13.8 Å². The molecule has 0 spiro atoms. The standard InChI is InChI=1S/C16H20N6OS/c1-10-11(2)18-9-19-14(10)21-5-12-7-22(8-13(12)6-21)16(23)20-15-17-3-4-24-15/h3-4,9,12-13H,5-8H2,1-2H3,(H,17,20,23). The third kappa shape index (κ3) is 2.71.